The Morgan fingerprint density at radius 1 is 0.714 bits per heavy atom. The van der Waals surface area contributed by atoms with Crippen LogP contribution in [0.15, 0.2) is 0 Å². The molecule has 0 spiro atoms. The van der Waals surface area contributed by atoms with Gasteiger partial charge in [-0.05, 0) is 0 Å². The van der Waals surface area contributed by atoms with Gasteiger partial charge in [0.1, 0.15) is 36.2 Å². The first kappa shape index (κ1) is 25.0. The van der Waals surface area contributed by atoms with E-state index in [1.165, 1.54) is 0 Å². The number of ether oxygens (including phenoxy) is 5. The van der Waals surface area contributed by atoms with Gasteiger partial charge in [-0.1, -0.05) is 0 Å². The molecule has 1 saturated heterocycles. The predicted molar refractivity (Wildman–Crippen MR) is 94.4 cm³/mol. The van der Waals surface area contributed by atoms with Crippen molar-refractivity contribution in [3.05, 3.63) is 0 Å². The molecule has 1 heterocycles. The number of halogens is 4. The van der Waals surface area contributed by atoms with Crippen molar-refractivity contribution in [1.29, 1.82) is 0 Å². The lowest BCUT2D eigenvalue weighted by Crippen LogP contribution is -2.62. The number of carbonyl (C=O) groups excluding carboxylic acids is 4. The van der Waals surface area contributed by atoms with Crippen LogP contribution in [0, 0.1) is 0 Å². The van der Waals surface area contributed by atoms with Crippen molar-refractivity contribution in [2.45, 2.75) is 30.7 Å². The highest BCUT2D eigenvalue weighted by Crippen LogP contribution is 2.28. The van der Waals surface area contributed by atoms with Crippen LogP contribution in [0.5, 0.6) is 0 Å². The van der Waals surface area contributed by atoms with Crippen LogP contribution in [-0.2, 0) is 42.9 Å². The van der Waals surface area contributed by atoms with E-state index in [1.807, 2.05) is 0 Å². The first-order chi connectivity index (χ1) is 13.3. The number of carbonyl (C=O) groups is 4. The van der Waals surface area contributed by atoms with Crippen molar-refractivity contribution in [1.82, 2.24) is 0 Å². The summed E-state index contributed by atoms with van der Waals surface area (Å²) in [6.07, 6.45) is -7.81. The number of hydrogen-bond donors (Lipinski definition) is 1. The Hall–Kier alpha value is -1.04. The third-order valence-corrected chi connectivity index (χ3v) is 4.13. The molecule has 5 atom stereocenters. The summed E-state index contributed by atoms with van der Waals surface area (Å²) in [6.45, 7) is -0.534. The molecule has 0 bridgehead atoms. The van der Waals surface area contributed by atoms with Crippen LogP contribution in [0.1, 0.15) is 0 Å². The fourth-order valence-corrected chi connectivity index (χ4v) is 2.46. The highest BCUT2D eigenvalue weighted by molar-refractivity contribution is 6.27. The number of alkyl halides is 4. The van der Waals surface area contributed by atoms with Crippen molar-refractivity contribution in [3.63, 3.8) is 0 Å². The van der Waals surface area contributed by atoms with E-state index in [0.29, 0.717) is 0 Å². The molecule has 160 valence electrons. The topological polar surface area (TPSA) is 135 Å². The van der Waals surface area contributed by atoms with Crippen LogP contribution in [0.3, 0.4) is 0 Å². The van der Waals surface area contributed by atoms with E-state index in [1.54, 1.807) is 0 Å². The van der Waals surface area contributed by atoms with E-state index in [4.69, 9.17) is 70.1 Å². The maximum absolute atomic E-state index is 11.7. The second kappa shape index (κ2) is 12.5. The van der Waals surface area contributed by atoms with Gasteiger partial charge in [0, 0.05) is 0 Å². The van der Waals surface area contributed by atoms with Gasteiger partial charge >= 0.3 is 23.9 Å². The molecule has 14 heteroatoms. The Balaban J connectivity index is 3.17. The summed E-state index contributed by atoms with van der Waals surface area (Å²) in [5.41, 5.74) is 0. The Kier molecular flexibility index (Phi) is 11.2. The summed E-state index contributed by atoms with van der Waals surface area (Å²) in [4.78, 5) is 46.2. The number of aliphatic hydroxyl groups is 1. The standard InChI is InChI=1S/C14H16Cl4O10/c15-1-7(19)24-5-6-11(26-8(20)2-16)12(27-9(21)3-17)13(14(23)25-6)28-10(22)4-18/h6,11-14,23H,1-5H2/t6?,11-,12+,13-,14?/m1/s1. The minimum Gasteiger partial charge on any atom is -0.462 e. The summed E-state index contributed by atoms with van der Waals surface area (Å²) < 4.78 is 25.1. The minimum atomic E-state index is -1.84. The maximum atomic E-state index is 11.7. The predicted octanol–water partition coefficient (Wildman–Crippen LogP) is -0.0626. The third kappa shape index (κ3) is 7.41. The first-order valence-corrected chi connectivity index (χ1v) is 9.72. The molecule has 1 aliphatic rings. The van der Waals surface area contributed by atoms with Gasteiger partial charge in [-0.25, -0.2) is 0 Å². The summed E-state index contributed by atoms with van der Waals surface area (Å²) in [6, 6.07) is 0. The molecule has 0 aromatic carbocycles. The summed E-state index contributed by atoms with van der Waals surface area (Å²) in [5.74, 6) is -5.94. The molecule has 10 nitrogen and oxygen atoms in total. The monoisotopic (exact) mass is 484 g/mol. The van der Waals surface area contributed by atoms with E-state index >= 15 is 0 Å². The number of rotatable bonds is 9. The van der Waals surface area contributed by atoms with Crippen molar-refractivity contribution >= 4 is 70.3 Å². The molecule has 0 radical (unpaired) electrons. The normalized spacial score (nSPS) is 26.8. The van der Waals surface area contributed by atoms with Crippen LogP contribution < -0.4 is 0 Å². The fraction of sp³-hybridized carbons (Fsp3) is 0.714. The summed E-state index contributed by atoms with van der Waals surface area (Å²) in [5, 5.41) is 10.2. The highest BCUT2D eigenvalue weighted by atomic mass is 35.5. The van der Waals surface area contributed by atoms with Crippen LogP contribution in [0.4, 0.5) is 0 Å². The summed E-state index contributed by atoms with van der Waals surface area (Å²) >= 11 is 21.5. The van der Waals surface area contributed by atoms with Gasteiger partial charge in [-0.3, -0.25) is 19.2 Å². The van der Waals surface area contributed by atoms with Gasteiger partial charge in [-0.2, -0.15) is 0 Å². The van der Waals surface area contributed by atoms with Gasteiger partial charge in [-0.15, -0.1) is 46.4 Å². The van der Waals surface area contributed by atoms with Gasteiger partial charge in [0.05, 0.1) is 0 Å². The van der Waals surface area contributed by atoms with Crippen LogP contribution in [0.2, 0.25) is 0 Å². The van der Waals surface area contributed by atoms with E-state index in [2.05, 4.69) is 0 Å². The van der Waals surface area contributed by atoms with Gasteiger partial charge in [0.2, 0.25) is 0 Å². The lowest BCUT2D eigenvalue weighted by atomic mass is 9.98. The Morgan fingerprint density at radius 2 is 1.14 bits per heavy atom. The zero-order valence-corrected chi connectivity index (χ0v) is 17.1. The Labute approximate surface area is 179 Å². The maximum Gasteiger partial charge on any atom is 0.321 e. The van der Waals surface area contributed by atoms with Crippen molar-refractivity contribution in [3.8, 4) is 0 Å². The lowest BCUT2D eigenvalue weighted by molar-refractivity contribution is -0.295. The molecular weight excluding hydrogens is 470 g/mol. The zero-order valence-electron chi connectivity index (χ0n) is 14.1. The van der Waals surface area contributed by atoms with Crippen molar-refractivity contribution in [2.75, 3.05) is 30.1 Å². The second-order valence-corrected chi connectivity index (χ2v) is 6.22. The third-order valence-electron chi connectivity index (χ3n) is 3.26. The minimum absolute atomic E-state index is 0.470. The molecule has 0 amide bonds. The number of aliphatic hydroxyl groups excluding tert-OH is 1. The molecule has 1 aliphatic heterocycles. The largest absolute Gasteiger partial charge is 0.462 e. The lowest BCUT2D eigenvalue weighted by Gasteiger charge is -2.42. The first-order valence-electron chi connectivity index (χ1n) is 7.58. The molecule has 0 aromatic rings. The average molecular weight is 486 g/mol. The molecular formula is C14H16Cl4O10. The Morgan fingerprint density at radius 3 is 1.61 bits per heavy atom. The molecule has 0 saturated carbocycles. The number of esters is 4. The van der Waals surface area contributed by atoms with Crippen LogP contribution in [-0.4, -0.2) is 89.8 Å². The molecule has 2 unspecified atom stereocenters. The number of hydrogen-bond acceptors (Lipinski definition) is 10. The average Bonchev–Trinajstić information content (AvgIpc) is 2.69. The van der Waals surface area contributed by atoms with E-state index in [0.717, 1.165) is 0 Å². The van der Waals surface area contributed by atoms with Crippen molar-refractivity contribution in [2.24, 2.45) is 0 Å². The quantitative estimate of drug-likeness (QED) is 0.268. The molecule has 0 aliphatic carbocycles. The van der Waals surface area contributed by atoms with E-state index in [-0.39, 0.29) is 0 Å². The zero-order chi connectivity index (χ0) is 21.3. The van der Waals surface area contributed by atoms with Crippen LogP contribution in [0.25, 0.3) is 0 Å². The fourth-order valence-electron chi connectivity index (χ4n) is 2.19. The highest BCUT2D eigenvalue weighted by Gasteiger charge is 2.52. The van der Waals surface area contributed by atoms with E-state index in [9.17, 15) is 24.3 Å². The van der Waals surface area contributed by atoms with Gasteiger partial charge < -0.3 is 28.8 Å². The van der Waals surface area contributed by atoms with Gasteiger partial charge in [0.15, 0.2) is 24.6 Å². The molecule has 0 aromatic heterocycles. The molecule has 1 fully saturated rings. The Bertz CT molecular complexity index is 574. The van der Waals surface area contributed by atoms with E-state index < -0.39 is 84.7 Å². The van der Waals surface area contributed by atoms with Crippen molar-refractivity contribution < 1.29 is 48.0 Å². The molecule has 1 rings (SSSR count). The smallest absolute Gasteiger partial charge is 0.321 e. The molecule has 1 N–H and O–H groups in total. The second-order valence-electron chi connectivity index (χ2n) is 5.15. The molecule has 28 heavy (non-hydrogen) atoms. The van der Waals surface area contributed by atoms with Crippen LogP contribution >= 0.6 is 46.4 Å². The summed E-state index contributed by atoms with van der Waals surface area (Å²) in [7, 11) is 0. The van der Waals surface area contributed by atoms with Gasteiger partial charge in [0.25, 0.3) is 0 Å². The SMILES string of the molecule is O=C(CCl)OCC1OC(O)[C@H](OC(=O)CCl)[C@@H](OC(=O)CCl)[C@@H]1OC(=O)CCl.